The van der Waals surface area contributed by atoms with Crippen LogP contribution in [-0.2, 0) is 14.8 Å². The normalized spacial score (nSPS) is 19.4. The van der Waals surface area contributed by atoms with Crippen molar-refractivity contribution in [2.24, 2.45) is 0 Å². The first kappa shape index (κ1) is 15.8. The molecule has 0 radical (unpaired) electrons. The Morgan fingerprint density at radius 3 is 2.76 bits per heavy atom. The van der Waals surface area contributed by atoms with Gasteiger partial charge in [0.1, 0.15) is 4.90 Å². The molecular weight excluding hydrogens is 314 g/mol. The number of carbonyl (C=O) groups is 1. The quantitative estimate of drug-likeness (QED) is 0.900. The van der Waals surface area contributed by atoms with Gasteiger partial charge in [-0.3, -0.25) is 4.79 Å². The number of carbonyl (C=O) groups excluding carboxylic acids is 1. The molecule has 1 saturated heterocycles. The molecule has 1 aromatic rings. The van der Waals surface area contributed by atoms with E-state index in [1.807, 2.05) is 6.07 Å². The van der Waals surface area contributed by atoms with E-state index in [1.165, 1.54) is 23.1 Å². The van der Waals surface area contributed by atoms with Gasteiger partial charge in [0.2, 0.25) is 15.9 Å². The van der Waals surface area contributed by atoms with E-state index in [2.05, 4.69) is 4.72 Å². The fourth-order valence-corrected chi connectivity index (χ4v) is 3.99. The van der Waals surface area contributed by atoms with Crippen molar-refractivity contribution in [3.05, 3.63) is 28.8 Å². The Balaban J connectivity index is 2.19. The Bertz CT molecular complexity index is 712. The number of halogens is 1. The van der Waals surface area contributed by atoms with Crippen molar-refractivity contribution in [1.29, 1.82) is 5.26 Å². The number of hydrogen-bond donors (Lipinski definition) is 1. The number of piperidine rings is 1. The highest BCUT2D eigenvalue weighted by Gasteiger charge is 2.28. The van der Waals surface area contributed by atoms with Crippen LogP contribution < -0.4 is 4.72 Å². The summed E-state index contributed by atoms with van der Waals surface area (Å²) in [5.74, 6) is 0.00172. The molecule has 1 heterocycles. The van der Waals surface area contributed by atoms with Gasteiger partial charge in [-0.1, -0.05) is 11.6 Å². The van der Waals surface area contributed by atoms with Crippen LogP contribution in [-0.4, -0.2) is 38.9 Å². The number of nitrogens with zero attached hydrogens (tertiary/aromatic N) is 2. The molecule has 1 fully saturated rings. The zero-order valence-electron chi connectivity index (χ0n) is 11.3. The van der Waals surface area contributed by atoms with E-state index in [0.29, 0.717) is 24.9 Å². The lowest BCUT2D eigenvalue weighted by Crippen LogP contribution is -2.48. The highest BCUT2D eigenvalue weighted by Crippen LogP contribution is 2.23. The van der Waals surface area contributed by atoms with Crippen molar-refractivity contribution in [1.82, 2.24) is 9.62 Å². The Labute approximate surface area is 128 Å². The minimum absolute atomic E-state index is 0.00166. The van der Waals surface area contributed by atoms with Gasteiger partial charge in [0, 0.05) is 26.1 Å². The first-order chi connectivity index (χ1) is 9.83. The molecule has 2 rings (SSSR count). The van der Waals surface area contributed by atoms with Gasteiger partial charge in [-0.25, -0.2) is 13.1 Å². The largest absolute Gasteiger partial charge is 0.344 e. The minimum atomic E-state index is -3.79. The molecule has 1 amide bonds. The summed E-state index contributed by atoms with van der Waals surface area (Å²) >= 11 is 5.93. The van der Waals surface area contributed by atoms with Gasteiger partial charge in [0.05, 0.1) is 16.7 Å². The highest BCUT2D eigenvalue weighted by atomic mass is 35.5. The maximum Gasteiger partial charge on any atom is 0.242 e. The number of likely N-dealkylation sites (tertiary alicyclic amines) is 1. The summed E-state index contributed by atoms with van der Waals surface area (Å²) in [5.41, 5.74) is 0.293. The second kappa shape index (κ2) is 6.02. The van der Waals surface area contributed by atoms with Crippen molar-refractivity contribution < 1.29 is 13.2 Å². The summed E-state index contributed by atoms with van der Waals surface area (Å²) in [6.45, 7) is 0.325. The maximum atomic E-state index is 12.3. The molecule has 1 aliphatic heterocycles. The van der Waals surface area contributed by atoms with Gasteiger partial charge in [0.15, 0.2) is 0 Å². The molecule has 0 spiro atoms. The van der Waals surface area contributed by atoms with Gasteiger partial charge >= 0.3 is 0 Å². The van der Waals surface area contributed by atoms with Crippen LogP contribution in [0.1, 0.15) is 18.4 Å². The van der Waals surface area contributed by atoms with E-state index in [-0.39, 0.29) is 21.9 Å². The van der Waals surface area contributed by atoms with Crippen LogP contribution in [0.2, 0.25) is 5.02 Å². The first-order valence-electron chi connectivity index (χ1n) is 6.29. The van der Waals surface area contributed by atoms with Gasteiger partial charge < -0.3 is 4.90 Å². The third-order valence-electron chi connectivity index (χ3n) is 3.30. The number of rotatable bonds is 3. The molecule has 1 aromatic carbocycles. The third-order valence-corrected chi connectivity index (χ3v) is 5.30. The summed E-state index contributed by atoms with van der Waals surface area (Å²) in [4.78, 5) is 12.8. The average molecular weight is 328 g/mol. The Morgan fingerprint density at radius 2 is 2.19 bits per heavy atom. The molecule has 0 bridgehead atoms. The summed E-state index contributed by atoms with van der Waals surface area (Å²) in [6.07, 6.45) is 0.765. The van der Waals surface area contributed by atoms with Crippen LogP contribution in [0.3, 0.4) is 0 Å². The standard InChI is InChI=1S/C13H14ClN3O3S/c1-17-8-10(3-5-13(17)18)16-21(19,20)12-4-2-9(7-15)6-11(12)14/h2,4,6,10,16H,3,5,8H2,1H3. The second-order valence-electron chi connectivity index (χ2n) is 4.89. The molecule has 1 N–H and O–H groups in total. The third kappa shape index (κ3) is 3.53. The van der Waals surface area contributed by atoms with Crippen molar-refractivity contribution in [3.63, 3.8) is 0 Å². The first-order valence-corrected chi connectivity index (χ1v) is 8.15. The number of nitrogens with one attached hydrogen (secondary N) is 1. The van der Waals surface area contributed by atoms with E-state index in [9.17, 15) is 13.2 Å². The molecule has 21 heavy (non-hydrogen) atoms. The Hall–Kier alpha value is -1.62. The average Bonchev–Trinajstić information content (AvgIpc) is 2.42. The predicted octanol–water partition coefficient (Wildman–Crippen LogP) is 1.11. The zero-order valence-corrected chi connectivity index (χ0v) is 12.9. The fourth-order valence-electron chi connectivity index (χ4n) is 2.18. The van der Waals surface area contributed by atoms with E-state index < -0.39 is 10.0 Å². The monoisotopic (exact) mass is 327 g/mol. The summed E-state index contributed by atoms with van der Waals surface area (Å²) < 4.78 is 27.2. The number of nitriles is 1. The minimum Gasteiger partial charge on any atom is -0.344 e. The van der Waals surface area contributed by atoms with Gasteiger partial charge in [-0.15, -0.1) is 0 Å². The fraction of sp³-hybridized carbons (Fsp3) is 0.385. The van der Waals surface area contributed by atoms with Crippen LogP contribution >= 0.6 is 11.6 Å². The zero-order chi connectivity index (χ0) is 15.6. The molecular formula is C13H14ClN3O3S. The molecule has 6 nitrogen and oxygen atoms in total. The SMILES string of the molecule is CN1CC(NS(=O)(=O)c2ccc(C#N)cc2Cl)CCC1=O. The van der Waals surface area contributed by atoms with E-state index in [4.69, 9.17) is 16.9 Å². The number of amides is 1. The highest BCUT2D eigenvalue weighted by molar-refractivity contribution is 7.89. The lowest BCUT2D eigenvalue weighted by atomic mass is 10.1. The summed E-state index contributed by atoms with van der Waals surface area (Å²) in [5, 5.41) is 8.76. The van der Waals surface area contributed by atoms with Crippen LogP contribution in [0.25, 0.3) is 0 Å². The van der Waals surface area contributed by atoms with Crippen LogP contribution in [0, 0.1) is 11.3 Å². The van der Waals surface area contributed by atoms with Crippen LogP contribution in [0.15, 0.2) is 23.1 Å². The lowest BCUT2D eigenvalue weighted by molar-refractivity contribution is -0.132. The van der Waals surface area contributed by atoms with Crippen LogP contribution in [0.4, 0.5) is 0 Å². The molecule has 8 heteroatoms. The van der Waals surface area contributed by atoms with Gasteiger partial charge in [0.25, 0.3) is 0 Å². The van der Waals surface area contributed by atoms with Gasteiger partial charge in [-0.05, 0) is 24.6 Å². The van der Waals surface area contributed by atoms with Crippen molar-refractivity contribution in [3.8, 4) is 6.07 Å². The second-order valence-corrected chi connectivity index (χ2v) is 6.98. The number of benzene rings is 1. The molecule has 0 aliphatic carbocycles. The molecule has 1 atom stereocenters. The van der Waals surface area contributed by atoms with Crippen molar-refractivity contribution in [2.45, 2.75) is 23.8 Å². The topological polar surface area (TPSA) is 90.3 Å². The Kier molecular flexibility index (Phi) is 4.52. The van der Waals surface area contributed by atoms with Gasteiger partial charge in [-0.2, -0.15) is 5.26 Å². The summed E-state index contributed by atoms with van der Waals surface area (Å²) in [7, 11) is -2.15. The smallest absolute Gasteiger partial charge is 0.242 e. The molecule has 0 saturated carbocycles. The number of likely N-dealkylation sites (N-methyl/N-ethyl adjacent to an activating group) is 1. The van der Waals surface area contributed by atoms with Crippen molar-refractivity contribution >= 4 is 27.5 Å². The van der Waals surface area contributed by atoms with E-state index >= 15 is 0 Å². The van der Waals surface area contributed by atoms with Crippen LogP contribution in [0.5, 0.6) is 0 Å². The number of hydrogen-bond acceptors (Lipinski definition) is 4. The summed E-state index contributed by atoms with van der Waals surface area (Å²) in [6, 6.07) is 5.57. The number of sulfonamides is 1. The predicted molar refractivity (Wildman–Crippen MR) is 77.1 cm³/mol. The molecule has 0 aromatic heterocycles. The molecule has 1 unspecified atom stereocenters. The van der Waals surface area contributed by atoms with Crippen molar-refractivity contribution in [2.75, 3.05) is 13.6 Å². The lowest BCUT2D eigenvalue weighted by Gasteiger charge is -2.30. The Morgan fingerprint density at radius 1 is 1.48 bits per heavy atom. The molecule has 1 aliphatic rings. The van der Waals surface area contributed by atoms with E-state index in [1.54, 1.807) is 7.05 Å². The maximum absolute atomic E-state index is 12.3. The molecule has 112 valence electrons. The van der Waals surface area contributed by atoms with E-state index in [0.717, 1.165) is 0 Å².